The molecule has 0 fully saturated rings. The molecule has 4 nitrogen and oxygen atoms in total. The van der Waals surface area contributed by atoms with Crippen LogP contribution in [-0.4, -0.2) is 10.9 Å². The zero-order valence-electron chi connectivity index (χ0n) is 10.4. The van der Waals surface area contributed by atoms with Gasteiger partial charge in [0.25, 0.3) is 0 Å². The summed E-state index contributed by atoms with van der Waals surface area (Å²) >= 11 is 1.62. The van der Waals surface area contributed by atoms with Gasteiger partial charge in [0.2, 0.25) is 5.91 Å². The predicted molar refractivity (Wildman–Crippen MR) is 74.9 cm³/mol. The van der Waals surface area contributed by atoms with Gasteiger partial charge in [-0.1, -0.05) is 0 Å². The zero-order chi connectivity index (χ0) is 13.0. The largest absolute Gasteiger partial charge is 0.379 e. The first-order chi connectivity index (χ1) is 8.65. The lowest BCUT2D eigenvalue weighted by atomic mass is 10.3. The smallest absolute Gasteiger partial charge is 0.221 e. The second kappa shape index (κ2) is 5.64. The molecule has 2 aromatic heterocycles. The molecule has 0 aliphatic carbocycles. The molecule has 5 heteroatoms. The molecule has 0 saturated heterocycles. The summed E-state index contributed by atoms with van der Waals surface area (Å²) in [6, 6.07) is 3.95. The Bertz CT molecular complexity index is 551. The summed E-state index contributed by atoms with van der Waals surface area (Å²) in [6.07, 6.45) is 3.61. The second-order valence-electron chi connectivity index (χ2n) is 4.04. The fourth-order valence-electron chi connectivity index (χ4n) is 1.61. The maximum Gasteiger partial charge on any atom is 0.221 e. The van der Waals surface area contributed by atoms with Crippen molar-refractivity contribution in [1.29, 1.82) is 0 Å². The average Bonchev–Trinajstić information content (AvgIpc) is 2.73. The molecule has 0 unspecified atom stereocenters. The topological polar surface area (TPSA) is 54.0 Å². The number of pyridine rings is 1. The molecule has 2 rings (SSSR count). The maximum absolute atomic E-state index is 11.0. The molecule has 0 aliphatic rings. The minimum absolute atomic E-state index is 0.0492. The van der Waals surface area contributed by atoms with Crippen molar-refractivity contribution in [1.82, 2.24) is 4.98 Å². The monoisotopic (exact) mass is 261 g/mol. The van der Waals surface area contributed by atoms with E-state index in [1.165, 1.54) is 6.92 Å². The van der Waals surface area contributed by atoms with Crippen molar-refractivity contribution in [2.75, 3.05) is 10.6 Å². The molecule has 0 spiro atoms. The van der Waals surface area contributed by atoms with Crippen LogP contribution in [0, 0.1) is 6.92 Å². The van der Waals surface area contributed by atoms with E-state index in [2.05, 4.69) is 15.6 Å². The van der Waals surface area contributed by atoms with Crippen LogP contribution in [0.25, 0.3) is 0 Å². The highest BCUT2D eigenvalue weighted by Crippen LogP contribution is 2.23. The summed E-state index contributed by atoms with van der Waals surface area (Å²) in [5.74, 6) is -0.0492. The number of hydrogen-bond donors (Lipinski definition) is 2. The fraction of sp³-hybridized carbons (Fsp3) is 0.231. The number of anilines is 2. The number of aromatic nitrogens is 1. The second-order valence-corrected chi connectivity index (χ2v) is 5.04. The lowest BCUT2D eigenvalue weighted by molar-refractivity contribution is -0.114. The maximum atomic E-state index is 11.0. The normalized spacial score (nSPS) is 10.1. The molecular formula is C13H15N3OS. The van der Waals surface area contributed by atoms with Crippen LogP contribution in [0.3, 0.4) is 0 Å². The average molecular weight is 261 g/mol. The van der Waals surface area contributed by atoms with E-state index in [-0.39, 0.29) is 5.91 Å². The molecule has 2 aromatic rings. The fourth-order valence-corrected chi connectivity index (χ4v) is 2.38. The van der Waals surface area contributed by atoms with Gasteiger partial charge in [0.15, 0.2) is 0 Å². The van der Waals surface area contributed by atoms with Crippen molar-refractivity contribution < 1.29 is 4.79 Å². The molecule has 0 atom stereocenters. The van der Waals surface area contributed by atoms with E-state index in [4.69, 9.17) is 0 Å². The Kier molecular flexibility index (Phi) is 3.94. The van der Waals surface area contributed by atoms with Crippen LogP contribution in [0.1, 0.15) is 17.4 Å². The molecule has 18 heavy (non-hydrogen) atoms. The third kappa shape index (κ3) is 3.30. The lowest BCUT2D eigenvalue weighted by Gasteiger charge is -2.07. The third-order valence-electron chi connectivity index (χ3n) is 2.38. The molecule has 0 radical (unpaired) electrons. The Labute approximate surface area is 110 Å². The van der Waals surface area contributed by atoms with Gasteiger partial charge < -0.3 is 10.6 Å². The van der Waals surface area contributed by atoms with Crippen molar-refractivity contribution >= 4 is 28.6 Å². The van der Waals surface area contributed by atoms with E-state index in [1.807, 2.05) is 30.6 Å². The Morgan fingerprint density at radius 3 is 3.00 bits per heavy atom. The molecule has 0 aromatic carbocycles. The number of carbonyl (C=O) groups excluding carboxylic acids is 1. The number of thiophene rings is 1. The summed E-state index contributed by atoms with van der Waals surface area (Å²) in [4.78, 5) is 16.3. The number of nitrogens with zero attached hydrogens (tertiary/aromatic N) is 1. The molecule has 2 N–H and O–H groups in total. The van der Waals surface area contributed by atoms with Crippen LogP contribution in [-0.2, 0) is 11.3 Å². The van der Waals surface area contributed by atoms with Gasteiger partial charge in [0.05, 0.1) is 17.9 Å². The van der Waals surface area contributed by atoms with Crippen LogP contribution >= 0.6 is 11.3 Å². The van der Waals surface area contributed by atoms with Gasteiger partial charge in [-0.05, 0) is 30.0 Å². The Morgan fingerprint density at radius 2 is 2.28 bits per heavy atom. The SMILES string of the molecule is CC(=O)Nc1ccsc1CNc1cncc(C)c1. The molecule has 0 saturated carbocycles. The predicted octanol–water partition coefficient (Wildman–Crippen LogP) is 3.02. The Hall–Kier alpha value is -1.88. The number of rotatable bonds is 4. The van der Waals surface area contributed by atoms with Crippen molar-refractivity contribution in [3.63, 3.8) is 0 Å². The molecule has 1 amide bonds. The van der Waals surface area contributed by atoms with Crippen LogP contribution < -0.4 is 10.6 Å². The van der Waals surface area contributed by atoms with Gasteiger partial charge >= 0.3 is 0 Å². The van der Waals surface area contributed by atoms with Gasteiger partial charge in [-0.15, -0.1) is 11.3 Å². The number of hydrogen-bond acceptors (Lipinski definition) is 4. The van der Waals surface area contributed by atoms with Gasteiger partial charge in [0.1, 0.15) is 0 Å². The van der Waals surface area contributed by atoms with E-state index in [0.717, 1.165) is 21.8 Å². The van der Waals surface area contributed by atoms with Gasteiger partial charge in [-0.25, -0.2) is 0 Å². The van der Waals surface area contributed by atoms with Crippen LogP contribution in [0.5, 0.6) is 0 Å². The van der Waals surface area contributed by atoms with E-state index in [1.54, 1.807) is 17.5 Å². The minimum atomic E-state index is -0.0492. The quantitative estimate of drug-likeness (QED) is 0.889. The van der Waals surface area contributed by atoms with Crippen LogP contribution in [0.15, 0.2) is 29.9 Å². The molecule has 0 bridgehead atoms. The number of nitrogens with one attached hydrogen (secondary N) is 2. The van der Waals surface area contributed by atoms with Crippen molar-refractivity contribution in [3.8, 4) is 0 Å². The Balaban J connectivity index is 2.02. The van der Waals surface area contributed by atoms with Crippen LogP contribution in [0.4, 0.5) is 11.4 Å². The van der Waals surface area contributed by atoms with Crippen molar-refractivity contribution in [2.24, 2.45) is 0 Å². The van der Waals surface area contributed by atoms with Crippen molar-refractivity contribution in [2.45, 2.75) is 20.4 Å². The standard InChI is InChI=1S/C13H15N3OS/c1-9-5-11(7-14-6-9)15-8-13-12(3-4-18-13)16-10(2)17/h3-7,15H,8H2,1-2H3,(H,16,17). The molecule has 94 valence electrons. The molecular weight excluding hydrogens is 246 g/mol. The summed E-state index contributed by atoms with van der Waals surface area (Å²) in [7, 11) is 0. The summed E-state index contributed by atoms with van der Waals surface area (Å²) < 4.78 is 0. The highest BCUT2D eigenvalue weighted by Gasteiger charge is 2.05. The lowest BCUT2D eigenvalue weighted by Crippen LogP contribution is -2.08. The minimum Gasteiger partial charge on any atom is -0.379 e. The summed E-state index contributed by atoms with van der Waals surface area (Å²) in [6.45, 7) is 4.20. The van der Waals surface area contributed by atoms with Crippen LogP contribution in [0.2, 0.25) is 0 Å². The van der Waals surface area contributed by atoms with Gasteiger partial charge in [0, 0.05) is 24.2 Å². The van der Waals surface area contributed by atoms with Crippen molar-refractivity contribution in [3.05, 3.63) is 40.3 Å². The third-order valence-corrected chi connectivity index (χ3v) is 3.31. The first kappa shape index (κ1) is 12.6. The highest BCUT2D eigenvalue weighted by atomic mass is 32.1. The Morgan fingerprint density at radius 1 is 1.44 bits per heavy atom. The van der Waals surface area contributed by atoms with E-state index >= 15 is 0 Å². The number of amides is 1. The van der Waals surface area contributed by atoms with Gasteiger partial charge in [-0.3, -0.25) is 9.78 Å². The van der Waals surface area contributed by atoms with Gasteiger partial charge in [-0.2, -0.15) is 0 Å². The first-order valence-electron chi connectivity index (χ1n) is 5.64. The summed E-state index contributed by atoms with van der Waals surface area (Å²) in [5.41, 5.74) is 2.98. The summed E-state index contributed by atoms with van der Waals surface area (Å²) in [5, 5.41) is 8.08. The molecule has 2 heterocycles. The van der Waals surface area contributed by atoms with E-state index in [9.17, 15) is 4.79 Å². The van der Waals surface area contributed by atoms with E-state index in [0.29, 0.717) is 6.54 Å². The number of carbonyl (C=O) groups is 1. The van der Waals surface area contributed by atoms with E-state index < -0.39 is 0 Å². The number of aryl methyl sites for hydroxylation is 1. The highest BCUT2D eigenvalue weighted by molar-refractivity contribution is 7.10. The molecule has 0 aliphatic heterocycles. The first-order valence-corrected chi connectivity index (χ1v) is 6.52. The zero-order valence-corrected chi connectivity index (χ0v) is 11.2.